The van der Waals surface area contributed by atoms with Crippen LogP contribution >= 0.6 is 22.6 Å². The van der Waals surface area contributed by atoms with E-state index < -0.39 is 0 Å². The Labute approximate surface area is 107 Å². The van der Waals surface area contributed by atoms with E-state index in [1.54, 1.807) is 18.6 Å². The first-order chi connectivity index (χ1) is 7.74. The van der Waals surface area contributed by atoms with Crippen LogP contribution in [0.4, 0.5) is 0 Å². The van der Waals surface area contributed by atoms with Gasteiger partial charge in [-0.2, -0.15) is 5.10 Å². The first-order valence-corrected chi connectivity index (χ1v) is 6.01. The van der Waals surface area contributed by atoms with Crippen LogP contribution in [0, 0.1) is 10.5 Å². The van der Waals surface area contributed by atoms with Crippen LogP contribution < -0.4 is 5.73 Å². The SMILES string of the molecule is Cc1c(I)c(-c2cnccn2)nn1CCN. The highest BCUT2D eigenvalue weighted by Gasteiger charge is 2.14. The van der Waals surface area contributed by atoms with E-state index in [1.807, 2.05) is 11.6 Å². The third-order valence-electron chi connectivity index (χ3n) is 2.28. The second kappa shape index (κ2) is 4.88. The maximum atomic E-state index is 5.54. The topological polar surface area (TPSA) is 69.6 Å². The van der Waals surface area contributed by atoms with Gasteiger partial charge < -0.3 is 5.73 Å². The molecule has 0 radical (unpaired) electrons. The molecule has 0 spiro atoms. The molecule has 2 aromatic heterocycles. The molecule has 6 heteroatoms. The van der Waals surface area contributed by atoms with Gasteiger partial charge >= 0.3 is 0 Å². The average molecular weight is 329 g/mol. The number of aromatic nitrogens is 4. The summed E-state index contributed by atoms with van der Waals surface area (Å²) in [5, 5.41) is 4.50. The number of rotatable bonds is 3. The lowest BCUT2D eigenvalue weighted by molar-refractivity contribution is 0.609. The number of nitrogens with two attached hydrogens (primary N) is 1. The first-order valence-electron chi connectivity index (χ1n) is 4.93. The van der Waals surface area contributed by atoms with Gasteiger partial charge in [0.05, 0.1) is 16.3 Å². The molecule has 0 bridgehead atoms. The van der Waals surface area contributed by atoms with Crippen molar-refractivity contribution >= 4 is 22.6 Å². The van der Waals surface area contributed by atoms with Crippen molar-refractivity contribution in [3.8, 4) is 11.4 Å². The van der Waals surface area contributed by atoms with Gasteiger partial charge in [0, 0.05) is 24.6 Å². The Kier molecular flexibility index (Phi) is 3.49. The minimum absolute atomic E-state index is 0.582. The molecule has 84 valence electrons. The third kappa shape index (κ3) is 2.07. The van der Waals surface area contributed by atoms with Crippen LogP contribution in [0.3, 0.4) is 0 Å². The molecular weight excluding hydrogens is 317 g/mol. The van der Waals surface area contributed by atoms with Gasteiger partial charge in [-0.1, -0.05) is 0 Å². The summed E-state index contributed by atoms with van der Waals surface area (Å²) in [6.45, 7) is 3.34. The smallest absolute Gasteiger partial charge is 0.126 e. The summed E-state index contributed by atoms with van der Waals surface area (Å²) in [5.74, 6) is 0. The van der Waals surface area contributed by atoms with Crippen molar-refractivity contribution in [2.75, 3.05) is 6.54 Å². The van der Waals surface area contributed by atoms with Crippen molar-refractivity contribution < 1.29 is 0 Å². The highest BCUT2D eigenvalue weighted by molar-refractivity contribution is 14.1. The largest absolute Gasteiger partial charge is 0.329 e. The van der Waals surface area contributed by atoms with Crippen LogP contribution in [0.2, 0.25) is 0 Å². The van der Waals surface area contributed by atoms with E-state index in [0.717, 1.165) is 27.2 Å². The fourth-order valence-electron chi connectivity index (χ4n) is 1.45. The van der Waals surface area contributed by atoms with Crippen molar-refractivity contribution in [2.24, 2.45) is 5.73 Å². The van der Waals surface area contributed by atoms with Gasteiger partial charge in [-0.05, 0) is 29.5 Å². The molecule has 0 unspecified atom stereocenters. The molecule has 0 aromatic carbocycles. The van der Waals surface area contributed by atoms with Gasteiger partial charge in [-0.25, -0.2) is 0 Å². The molecule has 0 saturated heterocycles. The quantitative estimate of drug-likeness (QED) is 0.860. The Morgan fingerprint density at radius 1 is 1.44 bits per heavy atom. The summed E-state index contributed by atoms with van der Waals surface area (Å²) in [6, 6.07) is 0. The predicted molar refractivity (Wildman–Crippen MR) is 69.8 cm³/mol. The van der Waals surface area contributed by atoms with Crippen LogP contribution in [0.25, 0.3) is 11.4 Å². The van der Waals surface area contributed by atoms with Gasteiger partial charge in [0.15, 0.2) is 0 Å². The highest BCUT2D eigenvalue weighted by Crippen LogP contribution is 2.24. The second-order valence-electron chi connectivity index (χ2n) is 3.35. The number of halogens is 1. The van der Waals surface area contributed by atoms with Crippen molar-refractivity contribution in [1.29, 1.82) is 0 Å². The average Bonchev–Trinajstić information content (AvgIpc) is 2.59. The first kappa shape index (κ1) is 11.5. The summed E-state index contributed by atoms with van der Waals surface area (Å²) in [5.41, 5.74) is 8.33. The normalized spacial score (nSPS) is 10.7. The Morgan fingerprint density at radius 2 is 2.25 bits per heavy atom. The van der Waals surface area contributed by atoms with Crippen molar-refractivity contribution in [2.45, 2.75) is 13.5 Å². The minimum Gasteiger partial charge on any atom is -0.329 e. The summed E-state index contributed by atoms with van der Waals surface area (Å²) < 4.78 is 3.01. The predicted octanol–water partition coefficient (Wildman–Crippen LogP) is 1.21. The molecule has 0 aliphatic rings. The maximum Gasteiger partial charge on any atom is 0.126 e. The molecular formula is C10H12IN5. The van der Waals surface area contributed by atoms with E-state index in [-0.39, 0.29) is 0 Å². The second-order valence-corrected chi connectivity index (χ2v) is 4.43. The fourth-order valence-corrected chi connectivity index (χ4v) is 2.11. The number of hydrogen-bond donors (Lipinski definition) is 1. The van der Waals surface area contributed by atoms with E-state index in [1.165, 1.54) is 0 Å². The highest BCUT2D eigenvalue weighted by atomic mass is 127. The van der Waals surface area contributed by atoms with Gasteiger partial charge in [0.1, 0.15) is 11.4 Å². The zero-order chi connectivity index (χ0) is 11.5. The molecule has 2 rings (SSSR count). The van der Waals surface area contributed by atoms with Crippen LogP contribution in [0.1, 0.15) is 5.69 Å². The van der Waals surface area contributed by atoms with Crippen LogP contribution in [-0.2, 0) is 6.54 Å². The zero-order valence-corrected chi connectivity index (χ0v) is 11.0. The van der Waals surface area contributed by atoms with Crippen LogP contribution in [0.5, 0.6) is 0 Å². The molecule has 2 aromatic rings. The molecule has 16 heavy (non-hydrogen) atoms. The lowest BCUT2D eigenvalue weighted by Crippen LogP contribution is -2.12. The zero-order valence-electron chi connectivity index (χ0n) is 8.89. The molecule has 0 aliphatic carbocycles. The minimum atomic E-state index is 0.582. The monoisotopic (exact) mass is 329 g/mol. The van der Waals surface area contributed by atoms with Gasteiger partial charge in [-0.15, -0.1) is 0 Å². The van der Waals surface area contributed by atoms with E-state index in [4.69, 9.17) is 5.73 Å². The van der Waals surface area contributed by atoms with Gasteiger partial charge in [0.2, 0.25) is 0 Å². The summed E-state index contributed by atoms with van der Waals surface area (Å²) in [6.07, 6.45) is 5.04. The van der Waals surface area contributed by atoms with Gasteiger partial charge in [0.25, 0.3) is 0 Å². The fraction of sp³-hybridized carbons (Fsp3) is 0.300. The maximum absolute atomic E-state index is 5.54. The number of nitrogens with zero attached hydrogens (tertiary/aromatic N) is 4. The lowest BCUT2D eigenvalue weighted by Gasteiger charge is -1.99. The standard InChI is InChI=1S/C10H12IN5/c1-7-9(11)10(15-16(7)5-2-12)8-6-13-3-4-14-8/h3-4,6H,2,5,12H2,1H3. The molecule has 5 nitrogen and oxygen atoms in total. The molecule has 2 N–H and O–H groups in total. The molecule has 0 saturated carbocycles. The Morgan fingerprint density at radius 3 is 2.88 bits per heavy atom. The summed E-state index contributed by atoms with van der Waals surface area (Å²) in [7, 11) is 0. The van der Waals surface area contributed by atoms with E-state index >= 15 is 0 Å². The summed E-state index contributed by atoms with van der Waals surface area (Å²) in [4.78, 5) is 8.30. The van der Waals surface area contributed by atoms with Gasteiger partial charge in [-0.3, -0.25) is 14.6 Å². The molecule has 0 atom stereocenters. The van der Waals surface area contributed by atoms with Crippen molar-refractivity contribution in [3.05, 3.63) is 27.9 Å². The molecule has 0 amide bonds. The van der Waals surface area contributed by atoms with Crippen LogP contribution in [0.15, 0.2) is 18.6 Å². The third-order valence-corrected chi connectivity index (χ3v) is 3.57. The molecule has 2 heterocycles. The van der Waals surface area contributed by atoms with Crippen LogP contribution in [-0.4, -0.2) is 26.3 Å². The lowest BCUT2D eigenvalue weighted by atomic mass is 10.3. The Hall–Kier alpha value is -1.02. The molecule has 0 aliphatic heterocycles. The van der Waals surface area contributed by atoms with Crippen molar-refractivity contribution in [3.63, 3.8) is 0 Å². The summed E-state index contributed by atoms with van der Waals surface area (Å²) >= 11 is 2.28. The Balaban J connectivity index is 2.46. The molecule has 0 fully saturated rings. The van der Waals surface area contributed by atoms with Crippen molar-refractivity contribution in [1.82, 2.24) is 19.7 Å². The van der Waals surface area contributed by atoms with E-state index in [9.17, 15) is 0 Å². The van der Waals surface area contributed by atoms with E-state index in [2.05, 4.69) is 37.7 Å². The number of hydrogen-bond acceptors (Lipinski definition) is 4. The Bertz CT molecular complexity index is 479. The van der Waals surface area contributed by atoms with E-state index in [0.29, 0.717) is 6.54 Å².